The van der Waals surface area contributed by atoms with Gasteiger partial charge in [0.05, 0.1) is 0 Å². The Morgan fingerprint density at radius 3 is 2.71 bits per heavy atom. The van der Waals surface area contributed by atoms with Crippen LogP contribution in [0, 0.1) is 0 Å². The van der Waals surface area contributed by atoms with E-state index in [0.717, 1.165) is 5.56 Å². The number of thiocarbonyl (C=S) groups is 1. The molecule has 0 spiro atoms. The fraction of sp³-hybridized carbons (Fsp3) is 0.100. The second-order valence-corrected chi connectivity index (χ2v) is 2.99. The van der Waals surface area contributed by atoms with Crippen LogP contribution in [0.1, 0.15) is 5.56 Å². The Bertz CT molecular complexity index is 359. The van der Waals surface area contributed by atoms with Crippen LogP contribution in [0.3, 0.4) is 0 Å². The number of rotatable bonds is 2. The van der Waals surface area contributed by atoms with Gasteiger partial charge >= 0.3 is 5.95 Å². The molecule has 0 amide bonds. The van der Waals surface area contributed by atoms with Gasteiger partial charge in [-0.3, -0.25) is 0 Å². The first-order valence-electron chi connectivity index (χ1n) is 4.08. The summed E-state index contributed by atoms with van der Waals surface area (Å²) < 4.78 is 15.0. The van der Waals surface area contributed by atoms with Gasteiger partial charge in [0.1, 0.15) is 0 Å². The van der Waals surface area contributed by atoms with Crippen molar-refractivity contribution in [1.29, 1.82) is 0 Å². The molecule has 0 aliphatic carbocycles. The maximum Gasteiger partial charge on any atom is 0.325 e. The van der Waals surface area contributed by atoms with Crippen LogP contribution < -0.4 is 0 Å². The van der Waals surface area contributed by atoms with Crippen molar-refractivity contribution in [2.75, 3.05) is 6.79 Å². The average molecular weight is 208 g/mol. The molecule has 0 radical (unpaired) electrons. The molecule has 72 valence electrons. The van der Waals surface area contributed by atoms with E-state index in [0.29, 0.717) is 11.0 Å². The first-order chi connectivity index (χ1) is 6.86. The summed E-state index contributed by atoms with van der Waals surface area (Å²) in [4.78, 5) is 0. The van der Waals surface area contributed by atoms with Crippen molar-refractivity contribution in [2.24, 2.45) is 0 Å². The van der Waals surface area contributed by atoms with Crippen molar-refractivity contribution in [1.82, 2.24) is 0 Å². The normalized spacial score (nSPS) is 13.9. The number of benzene rings is 1. The summed E-state index contributed by atoms with van der Waals surface area (Å²) in [6, 6.07) is 9.45. The van der Waals surface area contributed by atoms with Crippen molar-refractivity contribution in [3.05, 3.63) is 48.1 Å². The highest BCUT2D eigenvalue weighted by Crippen LogP contribution is 2.12. The van der Waals surface area contributed by atoms with Gasteiger partial charge in [-0.05, 0) is 12.2 Å². The predicted molar refractivity (Wildman–Crippen MR) is 54.3 cm³/mol. The minimum Gasteiger partial charge on any atom is -0.458 e. The molecule has 2 rings (SSSR count). The third-order valence-corrected chi connectivity index (χ3v) is 1.97. The molecular formula is C10H8O3S. The summed E-state index contributed by atoms with van der Waals surface area (Å²) in [5.74, 6) is 0.304. The van der Waals surface area contributed by atoms with E-state index in [2.05, 4.69) is 0 Å². The summed E-state index contributed by atoms with van der Waals surface area (Å²) in [7, 11) is 0. The minimum absolute atomic E-state index is 0.187. The monoisotopic (exact) mass is 208 g/mol. The topological polar surface area (TPSA) is 27.7 Å². The van der Waals surface area contributed by atoms with Crippen molar-refractivity contribution in [3.8, 4) is 0 Å². The first-order valence-corrected chi connectivity index (χ1v) is 4.49. The standard InChI is InChI=1S/C10H8O3S/c14-10(8-4-2-1-3-5-8)13-9-6-11-7-12-9/h1-6H,7H2. The van der Waals surface area contributed by atoms with Crippen LogP contribution in [0.5, 0.6) is 0 Å². The first kappa shape index (κ1) is 9.02. The molecule has 0 unspecified atom stereocenters. The van der Waals surface area contributed by atoms with Crippen LogP contribution in [0.2, 0.25) is 0 Å². The van der Waals surface area contributed by atoms with Crippen molar-refractivity contribution in [2.45, 2.75) is 0 Å². The Morgan fingerprint density at radius 2 is 2.07 bits per heavy atom. The Labute approximate surface area is 86.9 Å². The lowest BCUT2D eigenvalue weighted by atomic mass is 10.2. The van der Waals surface area contributed by atoms with Crippen LogP contribution in [0.4, 0.5) is 0 Å². The maximum atomic E-state index is 5.24. The Kier molecular flexibility index (Phi) is 2.65. The molecule has 0 aromatic heterocycles. The van der Waals surface area contributed by atoms with E-state index in [1.165, 1.54) is 6.26 Å². The Hall–Kier alpha value is -1.55. The molecule has 3 nitrogen and oxygen atoms in total. The largest absolute Gasteiger partial charge is 0.458 e. The number of hydrogen-bond acceptors (Lipinski definition) is 4. The van der Waals surface area contributed by atoms with Gasteiger partial charge in [-0.2, -0.15) is 0 Å². The lowest BCUT2D eigenvalue weighted by Gasteiger charge is -2.05. The fourth-order valence-corrected chi connectivity index (χ4v) is 1.22. The van der Waals surface area contributed by atoms with Gasteiger partial charge in [-0.25, -0.2) is 0 Å². The molecule has 0 atom stereocenters. The van der Waals surface area contributed by atoms with Crippen molar-refractivity contribution >= 4 is 17.3 Å². The molecule has 1 aromatic carbocycles. The summed E-state index contributed by atoms with van der Waals surface area (Å²) in [5.41, 5.74) is 0.846. The third-order valence-electron chi connectivity index (χ3n) is 1.65. The zero-order valence-electron chi connectivity index (χ0n) is 7.30. The molecule has 1 aliphatic rings. The second kappa shape index (κ2) is 4.11. The molecule has 0 N–H and O–H groups in total. The van der Waals surface area contributed by atoms with Crippen molar-refractivity contribution in [3.63, 3.8) is 0 Å². The fourth-order valence-electron chi connectivity index (χ4n) is 1.01. The highest BCUT2D eigenvalue weighted by molar-refractivity contribution is 7.80. The zero-order valence-corrected chi connectivity index (χ0v) is 8.12. The maximum absolute atomic E-state index is 5.24. The van der Waals surface area contributed by atoms with Gasteiger partial charge in [0, 0.05) is 5.56 Å². The van der Waals surface area contributed by atoms with Gasteiger partial charge in [0.2, 0.25) is 11.8 Å². The van der Waals surface area contributed by atoms with Gasteiger partial charge in [-0.1, -0.05) is 30.3 Å². The molecule has 0 saturated carbocycles. The molecule has 1 aromatic rings. The lowest BCUT2D eigenvalue weighted by molar-refractivity contribution is 0.0422. The van der Waals surface area contributed by atoms with Crippen LogP contribution >= 0.6 is 12.2 Å². The van der Waals surface area contributed by atoms with E-state index in [-0.39, 0.29) is 6.79 Å². The molecule has 4 heteroatoms. The molecule has 1 heterocycles. The Morgan fingerprint density at radius 1 is 1.29 bits per heavy atom. The average Bonchev–Trinajstić information content (AvgIpc) is 2.72. The zero-order chi connectivity index (χ0) is 9.80. The van der Waals surface area contributed by atoms with Crippen molar-refractivity contribution < 1.29 is 14.2 Å². The van der Waals surface area contributed by atoms with Gasteiger partial charge in [0.25, 0.3) is 0 Å². The van der Waals surface area contributed by atoms with E-state index >= 15 is 0 Å². The SMILES string of the molecule is S=C(OC1=COCO1)c1ccccc1. The summed E-state index contributed by atoms with van der Waals surface area (Å²) >= 11 is 5.06. The highest BCUT2D eigenvalue weighted by Gasteiger charge is 2.11. The summed E-state index contributed by atoms with van der Waals surface area (Å²) in [6.45, 7) is 0.187. The molecule has 0 fully saturated rings. The van der Waals surface area contributed by atoms with Crippen LogP contribution in [0.15, 0.2) is 42.5 Å². The molecule has 0 bridgehead atoms. The second-order valence-electron chi connectivity index (χ2n) is 2.62. The van der Waals surface area contributed by atoms with E-state index in [1.807, 2.05) is 30.3 Å². The van der Waals surface area contributed by atoms with Crippen LogP contribution in [0.25, 0.3) is 0 Å². The Balaban J connectivity index is 2.03. The molecule has 0 saturated heterocycles. The number of hydrogen-bond donors (Lipinski definition) is 0. The molecule has 1 aliphatic heterocycles. The minimum atomic E-state index is 0.187. The molecule has 14 heavy (non-hydrogen) atoms. The van der Waals surface area contributed by atoms with Crippen LogP contribution in [-0.4, -0.2) is 11.8 Å². The predicted octanol–water partition coefficient (Wildman–Crippen LogP) is 2.18. The number of ether oxygens (including phenoxy) is 3. The van der Waals surface area contributed by atoms with E-state index in [4.69, 9.17) is 26.4 Å². The smallest absolute Gasteiger partial charge is 0.325 e. The third kappa shape index (κ3) is 2.03. The van der Waals surface area contributed by atoms with Gasteiger partial charge in [0.15, 0.2) is 6.26 Å². The van der Waals surface area contributed by atoms with E-state index < -0.39 is 0 Å². The summed E-state index contributed by atoms with van der Waals surface area (Å²) in [5, 5.41) is 0.377. The van der Waals surface area contributed by atoms with E-state index in [1.54, 1.807) is 0 Å². The molecular weight excluding hydrogens is 200 g/mol. The van der Waals surface area contributed by atoms with Crippen LogP contribution in [-0.2, 0) is 14.2 Å². The summed E-state index contributed by atoms with van der Waals surface area (Å²) in [6.07, 6.45) is 1.40. The van der Waals surface area contributed by atoms with E-state index in [9.17, 15) is 0 Å². The van der Waals surface area contributed by atoms with Gasteiger partial charge < -0.3 is 14.2 Å². The van der Waals surface area contributed by atoms with Gasteiger partial charge in [-0.15, -0.1) is 0 Å². The lowest BCUT2D eigenvalue weighted by Crippen LogP contribution is -2.03. The highest BCUT2D eigenvalue weighted by atomic mass is 32.1. The quantitative estimate of drug-likeness (QED) is 0.696.